The summed E-state index contributed by atoms with van der Waals surface area (Å²) in [6, 6.07) is 3.04. The smallest absolute Gasteiger partial charge is 0.354 e. The first kappa shape index (κ1) is 10.4. The molecule has 0 atom stereocenters. The summed E-state index contributed by atoms with van der Waals surface area (Å²) in [6.07, 6.45) is 9.26. The molecule has 1 aliphatic carbocycles. The van der Waals surface area contributed by atoms with E-state index in [0.29, 0.717) is 5.75 Å². The van der Waals surface area contributed by atoms with E-state index in [4.69, 9.17) is 9.84 Å². The Kier molecular flexibility index (Phi) is 3.00. The predicted molar refractivity (Wildman–Crippen MR) is 58.3 cm³/mol. The number of carboxylic acid groups (broad SMARTS) is 1. The molecule has 82 valence electrons. The molecule has 1 aromatic heterocycles. The zero-order chi connectivity index (χ0) is 11.4. The highest BCUT2D eigenvalue weighted by Gasteiger charge is 2.07. The number of carboxylic acids is 1. The molecule has 1 aliphatic rings. The number of aromatic nitrogens is 1. The Morgan fingerprint density at radius 2 is 2.31 bits per heavy atom. The van der Waals surface area contributed by atoms with Crippen molar-refractivity contribution in [1.29, 1.82) is 0 Å². The summed E-state index contributed by atoms with van der Waals surface area (Å²) in [5.74, 6) is 0.178. The molecule has 0 fully saturated rings. The van der Waals surface area contributed by atoms with Crippen molar-refractivity contribution in [2.75, 3.05) is 0 Å². The van der Waals surface area contributed by atoms with Gasteiger partial charge in [-0.2, -0.15) is 0 Å². The first-order valence-corrected chi connectivity index (χ1v) is 4.99. The van der Waals surface area contributed by atoms with Crippen LogP contribution in [0.25, 0.3) is 0 Å². The monoisotopic (exact) mass is 217 g/mol. The third-order valence-electron chi connectivity index (χ3n) is 2.15. The Balaban J connectivity index is 2.15. The van der Waals surface area contributed by atoms with Crippen LogP contribution >= 0.6 is 0 Å². The molecule has 1 N–H and O–H groups in total. The number of nitrogens with zero attached hydrogens (tertiary/aromatic N) is 1. The van der Waals surface area contributed by atoms with Crippen LogP contribution in [0.4, 0.5) is 0 Å². The van der Waals surface area contributed by atoms with E-state index in [0.717, 1.165) is 18.6 Å². The number of hydrogen-bond acceptors (Lipinski definition) is 3. The zero-order valence-electron chi connectivity index (χ0n) is 8.59. The molecular formula is C12H11NO3. The minimum Gasteiger partial charge on any atom is -0.477 e. The Bertz CT molecular complexity index is 463. The summed E-state index contributed by atoms with van der Waals surface area (Å²) in [6.45, 7) is 0. The first-order valence-electron chi connectivity index (χ1n) is 4.99. The Hall–Kier alpha value is -2.10. The van der Waals surface area contributed by atoms with Crippen LogP contribution < -0.4 is 4.74 Å². The van der Waals surface area contributed by atoms with Crippen LogP contribution in [0.2, 0.25) is 0 Å². The van der Waals surface area contributed by atoms with Gasteiger partial charge in [-0.1, -0.05) is 6.08 Å². The molecule has 0 saturated heterocycles. The van der Waals surface area contributed by atoms with Gasteiger partial charge in [0, 0.05) is 12.3 Å². The highest BCUT2D eigenvalue weighted by Crippen LogP contribution is 2.18. The molecule has 0 aromatic carbocycles. The van der Waals surface area contributed by atoms with E-state index in [1.807, 2.05) is 18.2 Å². The molecule has 16 heavy (non-hydrogen) atoms. The average Bonchev–Trinajstić information content (AvgIpc) is 2.30. The largest absolute Gasteiger partial charge is 0.477 e. The van der Waals surface area contributed by atoms with E-state index < -0.39 is 5.97 Å². The van der Waals surface area contributed by atoms with Crippen molar-refractivity contribution < 1.29 is 14.6 Å². The molecule has 1 heterocycles. The third-order valence-corrected chi connectivity index (χ3v) is 2.15. The third kappa shape index (κ3) is 2.48. The topological polar surface area (TPSA) is 59.4 Å². The molecule has 2 rings (SSSR count). The van der Waals surface area contributed by atoms with Gasteiger partial charge >= 0.3 is 5.97 Å². The number of ether oxygens (including phenoxy) is 1. The molecule has 0 spiro atoms. The van der Waals surface area contributed by atoms with Crippen molar-refractivity contribution in [2.45, 2.75) is 12.8 Å². The lowest BCUT2D eigenvalue weighted by atomic mass is 10.2. The summed E-state index contributed by atoms with van der Waals surface area (Å²) in [5, 5.41) is 8.77. The fourth-order valence-corrected chi connectivity index (χ4v) is 1.39. The van der Waals surface area contributed by atoms with Crippen molar-refractivity contribution in [3.05, 3.63) is 48.0 Å². The van der Waals surface area contributed by atoms with E-state index >= 15 is 0 Å². The lowest BCUT2D eigenvalue weighted by Crippen LogP contribution is -2.01. The number of hydrogen-bond donors (Lipinski definition) is 1. The molecule has 4 heteroatoms. The van der Waals surface area contributed by atoms with Crippen molar-refractivity contribution in [1.82, 2.24) is 4.98 Å². The predicted octanol–water partition coefficient (Wildman–Crippen LogP) is 2.39. The second kappa shape index (κ2) is 4.61. The summed E-state index contributed by atoms with van der Waals surface area (Å²) >= 11 is 0. The van der Waals surface area contributed by atoms with E-state index in [-0.39, 0.29) is 5.69 Å². The fourth-order valence-electron chi connectivity index (χ4n) is 1.39. The summed E-state index contributed by atoms with van der Waals surface area (Å²) in [5.41, 5.74) is -0.0158. The summed E-state index contributed by atoms with van der Waals surface area (Å²) in [7, 11) is 0. The molecule has 0 bridgehead atoms. The van der Waals surface area contributed by atoms with Gasteiger partial charge in [0.25, 0.3) is 0 Å². The van der Waals surface area contributed by atoms with Crippen LogP contribution in [0.15, 0.2) is 42.3 Å². The lowest BCUT2D eigenvalue weighted by Gasteiger charge is -2.09. The van der Waals surface area contributed by atoms with Gasteiger partial charge < -0.3 is 9.84 Å². The van der Waals surface area contributed by atoms with E-state index in [2.05, 4.69) is 4.98 Å². The van der Waals surface area contributed by atoms with E-state index in [1.165, 1.54) is 12.3 Å². The van der Waals surface area contributed by atoms with Crippen LogP contribution in [0, 0.1) is 0 Å². The number of allylic oxidation sites excluding steroid dienone is 3. The maximum atomic E-state index is 10.7. The molecule has 0 saturated carbocycles. The number of pyridine rings is 1. The van der Waals surface area contributed by atoms with Crippen LogP contribution in [0.1, 0.15) is 23.3 Å². The SMILES string of the molecule is O=C(O)c1cc(OC2=CCCC=C2)ccn1. The zero-order valence-corrected chi connectivity index (χ0v) is 8.59. The molecular weight excluding hydrogens is 206 g/mol. The van der Waals surface area contributed by atoms with Crippen molar-refractivity contribution in [3.63, 3.8) is 0 Å². The van der Waals surface area contributed by atoms with Gasteiger partial charge in [0.2, 0.25) is 0 Å². The van der Waals surface area contributed by atoms with Crippen molar-refractivity contribution in [2.24, 2.45) is 0 Å². The lowest BCUT2D eigenvalue weighted by molar-refractivity contribution is 0.0690. The molecule has 0 amide bonds. The maximum Gasteiger partial charge on any atom is 0.354 e. The van der Waals surface area contributed by atoms with Gasteiger partial charge in [0.15, 0.2) is 5.69 Å². The average molecular weight is 217 g/mol. The molecule has 0 unspecified atom stereocenters. The van der Waals surface area contributed by atoms with Crippen molar-refractivity contribution in [3.8, 4) is 5.75 Å². The van der Waals surface area contributed by atoms with Crippen LogP contribution in [0.3, 0.4) is 0 Å². The number of rotatable bonds is 3. The van der Waals surface area contributed by atoms with Gasteiger partial charge in [-0.05, 0) is 31.1 Å². The van der Waals surface area contributed by atoms with Crippen LogP contribution in [-0.4, -0.2) is 16.1 Å². The number of aromatic carboxylic acids is 1. The van der Waals surface area contributed by atoms with Crippen LogP contribution in [-0.2, 0) is 0 Å². The summed E-state index contributed by atoms with van der Waals surface area (Å²) in [4.78, 5) is 14.4. The fraction of sp³-hybridized carbons (Fsp3) is 0.167. The molecule has 4 nitrogen and oxygen atoms in total. The maximum absolute atomic E-state index is 10.7. The number of carbonyl (C=O) groups is 1. The van der Waals surface area contributed by atoms with Gasteiger partial charge in [-0.3, -0.25) is 0 Å². The van der Waals surface area contributed by atoms with Gasteiger partial charge in [-0.25, -0.2) is 9.78 Å². The minimum atomic E-state index is -1.06. The van der Waals surface area contributed by atoms with Gasteiger partial charge in [-0.15, -0.1) is 0 Å². The molecule has 0 aliphatic heterocycles. The van der Waals surface area contributed by atoms with E-state index in [1.54, 1.807) is 6.07 Å². The Labute approximate surface area is 92.9 Å². The van der Waals surface area contributed by atoms with Gasteiger partial charge in [0.05, 0.1) is 0 Å². The second-order valence-corrected chi connectivity index (χ2v) is 3.37. The standard InChI is InChI=1S/C12H11NO3/c14-12(15)11-8-10(6-7-13-11)16-9-4-2-1-3-5-9/h2,4-8H,1,3H2,(H,14,15). The van der Waals surface area contributed by atoms with Crippen LogP contribution in [0.5, 0.6) is 5.75 Å². The Morgan fingerprint density at radius 1 is 1.44 bits per heavy atom. The summed E-state index contributed by atoms with van der Waals surface area (Å²) < 4.78 is 5.52. The quantitative estimate of drug-likeness (QED) is 0.844. The molecule has 1 aromatic rings. The minimum absolute atomic E-state index is 0.0158. The first-order chi connectivity index (χ1) is 7.75. The molecule has 0 radical (unpaired) electrons. The van der Waals surface area contributed by atoms with E-state index in [9.17, 15) is 4.79 Å². The van der Waals surface area contributed by atoms with Gasteiger partial charge in [0.1, 0.15) is 11.5 Å². The highest BCUT2D eigenvalue weighted by molar-refractivity contribution is 5.85. The van der Waals surface area contributed by atoms with Crippen molar-refractivity contribution >= 4 is 5.97 Å². The second-order valence-electron chi connectivity index (χ2n) is 3.37. The normalized spacial score (nSPS) is 14.4. The Morgan fingerprint density at radius 3 is 3.00 bits per heavy atom. The highest BCUT2D eigenvalue weighted by atomic mass is 16.5.